The van der Waals surface area contributed by atoms with E-state index in [-0.39, 0.29) is 22.3 Å². The van der Waals surface area contributed by atoms with Crippen LogP contribution in [-0.2, 0) is 0 Å². The second kappa shape index (κ2) is 6.75. The quantitative estimate of drug-likeness (QED) is 0.418. The lowest BCUT2D eigenvalue weighted by atomic mass is 9.99. The summed E-state index contributed by atoms with van der Waals surface area (Å²) in [6.07, 6.45) is 0. The van der Waals surface area contributed by atoms with Gasteiger partial charge in [0.05, 0.1) is 22.7 Å². The lowest BCUT2D eigenvalue weighted by molar-refractivity contribution is 0.0971. The Hall–Kier alpha value is -3.03. The number of carbonyl (C=O) groups is 1. The number of amides is 1. The van der Waals surface area contributed by atoms with Crippen LogP contribution in [0.3, 0.4) is 0 Å². The fourth-order valence-corrected chi connectivity index (χ4v) is 4.83. The normalized spacial score (nSPS) is 15.8. The summed E-state index contributed by atoms with van der Waals surface area (Å²) in [6, 6.07) is 9.84. The molecular weight excluding hydrogens is 427 g/mol. The monoisotopic (exact) mass is 440 g/mol. The average molecular weight is 441 g/mol. The Labute approximate surface area is 179 Å². The minimum Gasteiger partial charge on any atom is -0.450 e. The highest BCUT2D eigenvalue weighted by Gasteiger charge is 2.45. The number of anilines is 1. The molecule has 1 aliphatic heterocycles. The Bertz CT molecular complexity index is 1390. The summed E-state index contributed by atoms with van der Waals surface area (Å²) in [5, 5.41) is 1.01. The lowest BCUT2D eigenvalue weighted by Gasteiger charge is -2.22. The largest absolute Gasteiger partial charge is 0.450 e. The molecule has 5 nitrogen and oxygen atoms in total. The topological polar surface area (TPSA) is 63.4 Å². The van der Waals surface area contributed by atoms with Crippen LogP contribution in [0.5, 0.6) is 0 Å². The number of thiazole rings is 1. The molecule has 1 amide bonds. The van der Waals surface area contributed by atoms with E-state index in [9.17, 15) is 14.0 Å². The van der Waals surface area contributed by atoms with Crippen molar-refractivity contribution in [3.63, 3.8) is 0 Å². The summed E-state index contributed by atoms with van der Waals surface area (Å²) in [7, 11) is 0. The van der Waals surface area contributed by atoms with Crippen LogP contribution in [0.25, 0.3) is 11.0 Å². The molecular formula is C22H14ClFN2O3S. The Kier molecular flexibility index (Phi) is 4.27. The van der Waals surface area contributed by atoms with E-state index >= 15 is 0 Å². The highest BCUT2D eigenvalue weighted by molar-refractivity contribution is 7.15. The van der Waals surface area contributed by atoms with Gasteiger partial charge in [0, 0.05) is 9.90 Å². The zero-order valence-electron chi connectivity index (χ0n) is 15.9. The SMILES string of the molecule is Cc1nc(N2C(=O)c3oc4ccc(F)cc4c(=O)c3C2c2cccc(Cl)c2)sc1C. The first-order valence-electron chi connectivity index (χ1n) is 9.14. The summed E-state index contributed by atoms with van der Waals surface area (Å²) in [4.78, 5) is 33.7. The maximum Gasteiger partial charge on any atom is 0.297 e. The third-order valence-electron chi connectivity index (χ3n) is 5.22. The van der Waals surface area contributed by atoms with Crippen LogP contribution in [0.15, 0.2) is 51.7 Å². The van der Waals surface area contributed by atoms with Crippen molar-refractivity contribution >= 4 is 44.9 Å². The van der Waals surface area contributed by atoms with Gasteiger partial charge in [-0.3, -0.25) is 14.5 Å². The van der Waals surface area contributed by atoms with Gasteiger partial charge in [0.15, 0.2) is 10.6 Å². The van der Waals surface area contributed by atoms with Crippen molar-refractivity contribution in [2.24, 2.45) is 0 Å². The molecule has 3 heterocycles. The van der Waals surface area contributed by atoms with Crippen LogP contribution < -0.4 is 10.3 Å². The highest BCUT2D eigenvalue weighted by atomic mass is 35.5. The van der Waals surface area contributed by atoms with E-state index in [4.69, 9.17) is 16.0 Å². The number of aryl methyl sites for hydroxylation is 2. The molecule has 0 spiro atoms. The van der Waals surface area contributed by atoms with E-state index in [1.54, 1.807) is 24.3 Å². The lowest BCUT2D eigenvalue weighted by Crippen LogP contribution is -2.29. The number of halogens is 2. The molecule has 0 radical (unpaired) electrons. The van der Waals surface area contributed by atoms with Crippen molar-refractivity contribution in [3.05, 3.63) is 91.0 Å². The first kappa shape index (κ1) is 19.0. The van der Waals surface area contributed by atoms with Gasteiger partial charge in [0.2, 0.25) is 5.76 Å². The van der Waals surface area contributed by atoms with E-state index in [0.717, 1.165) is 16.6 Å². The maximum atomic E-state index is 13.8. The average Bonchev–Trinajstić information content (AvgIpc) is 3.19. The highest BCUT2D eigenvalue weighted by Crippen LogP contribution is 2.43. The van der Waals surface area contributed by atoms with Crippen LogP contribution in [0, 0.1) is 19.7 Å². The molecule has 0 aliphatic carbocycles. The van der Waals surface area contributed by atoms with E-state index < -0.39 is 23.2 Å². The van der Waals surface area contributed by atoms with Crippen molar-refractivity contribution < 1.29 is 13.6 Å². The van der Waals surface area contributed by atoms with Crippen LogP contribution in [0.1, 0.15) is 38.3 Å². The third-order valence-corrected chi connectivity index (χ3v) is 6.53. The van der Waals surface area contributed by atoms with Gasteiger partial charge in [-0.05, 0) is 49.7 Å². The molecule has 0 N–H and O–H groups in total. The van der Waals surface area contributed by atoms with Crippen LogP contribution >= 0.6 is 22.9 Å². The first-order valence-corrected chi connectivity index (χ1v) is 10.3. The molecule has 8 heteroatoms. The minimum atomic E-state index is -0.778. The Morgan fingerprint density at radius 3 is 2.67 bits per heavy atom. The standard InChI is InChI=1S/C22H14ClFN2O3S/c1-10-11(2)30-22(25-10)26-18(12-4-3-5-13(23)8-12)17-19(27)15-9-14(24)6-7-16(15)29-20(17)21(26)28/h3-9,18H,1-2H3. The van der Waals surface area contributed by atoms with Crippen molar-refractivity contribution in [1.29, 1.82) is 0 Å². The summed E-state index contributed by atoms with van der Waals surface area (Å²) in [5.41, 5.74) is 1.31. The van der Waals surface area contributed by atoms with Gasteiger partial charge >= 0.3 is 0 Å². The summed E-state index contributed by atoms with van der Waals surface area (Å²) >= 11 is 7.56. The Morgan fingerprint density at radius 1 is 1.17 bits per heavy atom. The number of aromatic nitrogens is 1. The molecule has 4 aromatic rings. The number of benzene rings is 2. The maximum absolute atomic E-state index is 13.8. The molecule has 150 valence electrons. The summed E-state index contributed by atoms with van der Waals surface area (Å²) < 4.78 is 19.6. The van der Waals surface area contributed by atoms with Crippen LogP contribution in [0.2, 0.25) is 5.02 Å². The van der Waals surface area contributed by atoms with Crippen molar-refractivity contribution in [2.75, 3.05) is 4.90 Å². The molecule has 0 saturated heterocycles. The van der Waals surface area contributed by atoms with Gasteiger partial charge in [0.1, 0.15) is 11.4 Å². The smallest absolute Gasteiger partial charge is 0.297 e. The number of hydrogen-bond acceptors (Lipinski definition) is 5. The Balaban J connectivity index is 1.84. The third kappa shape index (κ3) is 2.77. The van der Waals surface area contributed by atoms with Gasteiger partial charge in [-0.25, -0.2) is 9.37 Å². The fourth-order valence-electron chi connectivity index (χ4n) is 3.69. The van der Waals surface area contributed by atoms with Crippen molar-refractivity contribution in [2.45, 2.75) is 19.9 Å². The molecule has 1 unspecified atom stereocenters. The Morgan fingerprint density at radius 2 is 1.97 bits per heavy atom. The molecule has 0 saturated carbocycles. The predicted octanol–water partition coefficient (Wildman–Crippen LogP) is 5.41. The molecule has 0 fully saturated rings. The zero-order valence-corrected chi connectivity index (χ0v) is 17.5. The van der Waals surface area contributed by atoms with Gasteiger partial charge in [-0.1, -0.05) is 23.7 Å². The molecule has 0 bridgehead atoms. The molecule has 1 atom stereocenters. The summed E-state index contributed by atoms with van der Waals surface area (Å²) in [5.74, 6) is -1.08. The van der Waals surface area contributed by atoms with E-state index in [2.05, 4.69) is 4.98 Å². The molecule has 1 aliphatic rings. The van der Waals surface area contributed by atoms with E-state index in [1.807, 2.05) is 13.8 Å². The van der Waals surface area contributed by atoms with E-state index in [0.29, 0.717) is 15.7 Å². The molecule has 5 rings (SSSR count). The second-order valence-electron chi connectivity index (χ2n) is 7.09. The second-order valence-corrected chi connectivity index (χ2v) is 8.70. The van der Waals surface area contributed by atoms with Crippen LogP contribution in [-0.4, -0.2) is 10.9 Å². The van der Waals surface area contributed by atoms with Crippen molar-refractivity contribution in [1.82, 2.24) is 4.98 Å². The number of nitrogens with zero attached hydrogens (tertiary/aromatic N) is 2. The zero-order chi connectivity index (χ0) is 21.2. The van der Waals surface area contributed by atoms with Gasteiger partial charge in [-0.15, -0.1) is 11.3 Å². The number of fused-ring (bicyclic) bond motifs is 2. The van der Waals surface area contributed by atoms with Crippen LogP contribution in [0.4, 0.5) is 9.52 Å². The number of carbonyl (C=O) groups excluding carboxylic acids is 1. The van der Waals surface area contributed by atoms with Gasteiger partial charge < -0.3 is 4.42 Å². The molecule has 30 heavy (non-hydrogen) atoms. The predicted molar refractivity (Wildman–Crippen MR) is 114 cm³/mol. The van der Waals surface area contributed by atoms with Crippen molar-refractivity contribution in [3.8, 4) is 0 Å². The minimum absolute atomic E-state index is 0.0606. The fraction of sp³-hybridized carbons (Fsp3) is 0.136. The number of hydrogen-bond donors (Lipinski definition) is 0. The first-order chi connectivity index (χ1) is 14.3. The van der Waals surface area contributed by atoms with Gasteiger partial charge in [-0.2, -0.15) is 0 Å². The number of rotatable bonds is 2. The van der Waals surface area contributed by atoms with Gasteiger partial charge in [0.25, 0.3) is 5.91 Å². The molecule has 2 aromatic heterocycles. The summed E-state index contributed by atoms with van der Waals surface area (Å²) in [6.45, 7) is 3.77. The molecule has 2 aromatic carbocycles. The van der Waals surface area contributed by atoms with E-state index in [1.165, 1.54) is 28.4 Å².